The third-order valence-electron chi connectivity index (χ3n) is 4.23. The maximum Gasteiger partial charge on any atom is 0.0897 e. The van der Waals surface area contributed by atoms with Crippen LogP contribution in [0.3, 0.4) is 0 Å². The van der Waals surface area contributed by atoms with Gasteiger partial charge in [-0.15, -0.1) is 0 Å². The molecule has 3 heteroatoms. The van der Waals surface area contributed by atoms with Crippen LogP contribution in [0.1, 0.15) is 65.7 Å². The number of aliphatic hydroxyl groups excluding tert-OH is 1. The van der Waals surface area contributed by atoms with Crippen molar-refractivity contribution in [2.24, 2.45) is 5.92 Å². The van der Waals surface area contributed by atoms with E-state index in [2.05, 4.69) is 26.1 Å². The highest BCUT2D eigenvalue weighted by Crippen LogP contribution is 2.20. The second-order valence-corrected chi connectivity index (χ2v) is 6.31. The summed E-state index contributed by atoms with van der Waals surface area (Å²) >= 11 is 0. The van der Waals surface area contributed by atoms with Crippen LogP contribution < -0.4 is 5.32 Å². The SMILES string of the molecule is CCC(C)CC(C)NCC(O)COC1CCCCC1. The van der Waals surface area contributed by atoms with Crippen LogP contribution >= 0.6 is 0 Å². The van der Waals surface area contributed by atoms with Gasteiger partial charge in [0, 0.05) is 12.6 Å². The number of hydrogen-bond donors (Lipinski definition) is 2. The summed E-state index contributed by atoms with van der Waals surface area (Å²) in [5.74, 6) is 0.748. The van der Waals surface area contributed by atoms with E-state index in [0.29, 0.717) is 25.3 Å². The minimum Gasteiger partial charge on any atom is -0.389 e. The lowest BCUT2D eigenvalue weighted by Gasteiger charge is -2.24. The van der Waals surface area contributed by atoms with Crippen LogP contribution in [0.15, 0.2) is 0 Å². The van der Waals surface area contributed by atoms with E-state index in [1.807, 2.05) is 0 Å². The molecule has 0 saturated heterocycles. The fourth-order valence-corrected chi connectivity index (χ4v) is 2.73. The van der Waals surface area contributed by atoms with Crippen LogP contribution in [0.5, 0.6) is 0 Å². The molecule has 1 fully saturated rings. The molecule has 114 valence electrons. The van der Waals surface area contributed by atoms with Crippen molar-refractivity contribution in [1.29, 1.82) is 0 Å². The molecule has 0 spiro atoms. The molecule has 3 atom stereocenters. The average Bonchev–Trinajstić information content (AvgIpc) is 2.43. The van der Waals surface area contributed by atoms with Gasteiger partial charge in [-0.3, -0.25) is 0 Å². The molecule has 0 aromatic rings. The average molecular weight is 271 g/mol. The summed E-state index contributed by atoms with van der Waals surface area (Å²) in [5.41, 5.74) is 0. The van der Waals surface area contributed by atoms with Gasteiger partial charge in [-0.25, -0.2) is 0 Å². The van der Waals surface area contributed by atoms with Crippen LogP contribution in [0.4, 0.5) is 0 Å². The van der Waals surface area contributed by atoms with Gasteiger partial charge in [0.05, 0.1) is 18.8 Å². The Morgan fingerprint density at radius 1 is 1.21 bits per heavy atom. The second-order valence-electron chi connectivity index (χ2n) is 6.31. The molecular weight excluding hydrogens is 238 g/mol. The van der Waals surface area contributed by atoms with Crippen molar-refractivity contribution in [1.82, 2.24) is 5.32 Å². The summed E-state index contributed by atoms with van der Waals surface area (Å²) < 4.78 is 5.79. The Kier molecular flexibility index (Phi) is 8.67. The van der Waals surface area contributed by atoms with E-state index >= 15 is 0 Å². The van der Waals surface area contributed by atoms with Gasteiger partial charge >= 0.3 is 0 Å². The van der Waals surface area contributed by atoms with Crippen molar-refractivity contribution in [2.45, 2.75) is 84.0 Å². The minimum atomic E-state index is -0.374. The molecule has 1 aliphatic carbocycles. The minimum absolute atomic E-state index is 0.374. The van der Waals surface area contributed by atoms with E-state index in [1.165, 1.54) is 44.9 Å². The fraction of sp³-hybridized carbons (Fsp3) is 1.00. The lowest BCUT2D eigenvalue weighted by Crippen LogP contribution is -2.37. The van der Waals surface area contributed by atoms with Crippen LogP contribution in [-0.2, 0) is 4.74 Å². The molecule has 3 unspecified atom stereocenters. The first-order chi connectivity index (χ1) is 9.11. The van der Waals surface area contributed by atoms with Gasteiger partial charge in [0.15, 0.2) is 0 Å². The van der Waals surface area contributed by atoms with Crippen molar-refractivity contribution in [3.8, 4) is 0 Å². The first-order valence-corrected chi connectivity index (χ1v) is 8.14. The lowest BCUT2D eigenvalue weighted by molar-refractivity contribution is -0.0236. The Morgan fingerprint density at radius 3 is 2.53 bits per heavy atom. The molecule has 1 saturated carbocycles. The van der Waals surface area contributed by atoms with Crippen LogP contribution in [-0.4, -0.2) is 36.5 Å². The van der Waals surface area contributed by atoms with Gasteiger partial charge in [0.25, 0.3) is 0 Å². The molecule has 1 rings (SSSR count). The monoisotopic (exact) mass is 271 g/mol. The molecule has 19 heavy (non-hydrogen) atoms. The normalized spacial score (nSPS) is 22.1. The number of rotatable bonds is 9. The number of aliphatic hydroxyl groups is 1. The zero-order valence-corrected chi connectivity index (χ0v) is 13.0. The van der Waals surface area contributed by atoms with Gasteiger partial charge in [-0.1, -0.05) is 39.5 Å². The summed E-state index contributed by atoms with van der Waals surface area (Å²) in [6.45, 7) is 7.82. The smallest absolute Gasteiger partial charge is 0.0897 e. The first kappa shape index (κ1) is 16.9. The largest absolute Gasteiger partial charge is 0.389 e. The highest BCUT2D eigenvalue weighted by Gasteiger charge is 2.16. The van der Waals surface area contributed by atoms with Crippen molar-refractivity contribution in [2.75, 3.05) is 13.2 Å². The van der Waals surface area contributed by atoms with Crippen molar-refractivity contribution >= 4 is 0 Å². The van der Waals surface area contributed by atoms with Crippen LogP contribution in [0.25, 0.3) is 0 Å². The molecule has 0 amide bonds. The molecular formula is C16H33NO2. The summed E-state index contributed by atoms with van der Waals surface area (Å²) in [7, 11) is 0. The zero-order chi connectivity index (χ0) is 14.1. The zero-order valence-electron chi connectivity index (χ0n) is 13.0. The quantitative estimate of drug-likeness (QED) is 0.677. The van der Waals surface area contributed by atoms with Gasteiger partial charge in [0.2, 0.25) is 0 Å². The Labute approximate surface area is 119 Å². The van der Waals surface area contributed by atoms with Gasteiger partial charge in [-0.2, -0.15) is 0 Å². The molecule has 0 aromatic heterocycles. The molecule has 0 bridgehead atoms. The molecule has 2 N–H and O–H groups in total. The van der Waals surface area contributed by atoms with E-state index in [1.54, 1.807) is 0 Å². The van der Waals surface area contributed by atoms with E-state index in [-0.39, 0.29) is 6.10 Å². The second kappa shape index (κ2) is 9.73. The predicted molar refractivity (Wildman–Crippen MR) is 80.4 cm³/mol. The lowest BCUT2D eigenvalue weighted by atomic mass is 9.98. The maximum atomic E-state index is 9.93. The van der Waals surface area contributed by atoms with Gasteiger partial charge in [0.1, 0.15) is 0 Å². The first-order valence-electron chi connectivity index (χ1n) is 8.14. The summed E-state index contributed by atoms with van der Waals surface area (Å²) in [4.78, 5) is 0. The van der Waals surface area contributed by atoms with E-state index in [9.17, 15) is 5.11 Å². The summed E-state index contributed by atoms with van der Waals surface area (Å²) in [6, 6.07) is 0.472. The number of ether oxygens (including phenoxy) is 1. The molecule has 0 heterocycles. The van der Waals surface area contributed by atoms with Crippen LogP contribution in [0.2, 0.25) is 0 Å². The highest BCUT2D eigenvalue weighted by molar-refractivity contribution is 4.69. The Bertz CT molecular complexity index is 217. The van der Waals surface area contributed by atoms with E-state index < -0.39 is 0 Å². The third kappa shape index (κ3) is 7.91. The van der Waals surface area contributed by atoms with E-state index in [0.717, 1.165) is 5.92 Å². The number of hydrogen-bond acceptors (Lipinski definition) is 3. The molecule has 3 nitrogen and oxygen atoms in total. The molecule has 0 radical (unpaired) electrons. The van der Waals surface area contributed by atoms with Crippen molar-refractivity contribution in [3.63, 3.8) is 0 Å². The third-order valence-corrected chi connectivity index (χ3v) is 4.23. The summed E-state index contributed by atoms with van der Waals surface area (Å²) in [5, 5.41) is 13.3. The summed E-state index contributed by atoms with van der Waals surface area (Å²) in [6.07, 6.45) is 8.66. The van der Waals surface area contributed by atoms with Crippen molar-refractivity contribution < 1.29 is 9.84 Å². The standard InChI is InChI=1S/C16H33NO2/c1-4-13(2)10-14(3)17-11-15(18)12-19-16-8-6-5-7-9-16/h13-18H,4-12H2,1-3H3. The van der Waals surface area contributed by atoms with Crippen molar-refractivity contribution in [3.05, 3.63) is 0 Å². The Balaban J connectivity index is 2.04. The molecule has 1 aliphatic rings. The van der Waals surface area contributed by atoms with Gasteiger partial charge < -0.3 is 15.2 Å². The Morgan fingerprint density at radius 2 is 1.89 bits per heavy atom. The topological polar surface area (TPSA) is 41.5 Å². The fourth-order valence-electron chi connectivity index (χ4n) is 2.73. The van der Waals surface area contributed by atoms with E-state index in [4.69, 9.17) is 4.74 Å². The number of nitrogens with one attached hydrogen (secondary N) is 1. The molecule has 0 aliphatic heterocycles. The Hall–Kier alpha value is -0.120. The molecule has 0 aromatic carbocycles. The van der Waals surface area contributed by atoms with Gasteiger partial charge in [-0.05, 0) is 32.1 Å². The van der Waals surface area contributed by atoms with Crippen LogP contribution in [0, 0.1) is 5.92 Å². The highest BCUT2D eigenvalue weighted by atomic mass is 16.5. The maximum absolute atomic E-state index is 9.93. The predicted octanol–water partition coefficient (Wildman–Crippen LogP) is 3.11.